The number of benzene rings is 1. The summed E-state index contributed by atoms with van der Waals surface area (Å²) in [6.07, 6.45) is 8.54. The molecular formula is C19H20N4O2. The number of nitrogens with zero attached hydrogens (tertiary/aromatic N) is 3. The molecule has 1 saturated carbocycles. The molecule has 25 heavy (non-hydrogen) atoms. The first kappa shape index (κ1) is 17.0. The lowest BCUT2D eigenvalue weighted by Gasteiger charge is -2.30. The fourth-order valence-electron chi connectivity index (χ4n) is 3.05. The van der Waals surface area contributed by atoms with Crippen molar-refractivity contribution in [3.8, 4) is 18.4 Å². The second kappa shape index (κ2) is 6.23. The van der Waals surface area contributed by atoms with Crippen LogP contribution in [0.3, 0.4) is 0 Å². The van der Waals surface area contributed by atoms with Crippen LogP contribution in [0.2, 0.25) is 0 Å². The number of terminal acetylenes is 1. The minimum atomic E-state index is -1.33. The van der Waals surface area contributed by atoms with Crippen molar-refractivity contribution < 1.29 is 9.90 Å². The van der Waals surface area contributed by atoms with E-state index in [-0.39, 0.29) is 6.04 Å². The van der Waals surface area contributed by atoms with Gasteiger partial charge in [-0.25, -0.2) is 4.98 Å². The summed E-state index contributed by atoms with van der Waals surface area (Å²) >= 11 is 0. The van der Waals surface area contributed by atoms with Crippen LogP contribution in [0.4, 0.5) is 5.95 Å². The lowest BCUT2D eigenvalue weighted by atomic mass is 9.91. The number of rotatable bonds is 4. The number of imidazole rings is 1. The first-order valence-electron chi connectivity index (χ1n) is 8.26. The number of amides is 1. The van der Waals surface area contributed by atoms with Gasteiger partial charge in [0, 0.05) is 6.04 Å². The molecule has 1 atom stereocenters. The smallest absolute Gasteiger partial charge is 0.244 e. The second-order valence-corrected chi connectivity index (χ2v) is 6.95. The Morgan fingerprint density at radius 1 is 1.52 bits per heavy atom. The Balaban J connectivity index is 2.03. The summed E-state index contributed by atoms with van der Waals surface area (Å²) in [6, 6.07) is 7.62. The quantitative estimate of drug-likeness (QED) is 0.840. The van der Waals surface area contributed by atoms with Crippen molar-refractivity contribution in [3.05, 3.63) is 23.8 Å². The fourth-order valence-corrected chi connectivity index (χ4v) is 3.05. The average molecular weight is 336 g/mol. The summed E-state index contributed by atoms with van der Waals surface area (Å²) in [7, 11) is 0. The lowest BCUT2D eigenvalue weighted by molar-refractivity contribution is -0.123. The summed E-state index contributed by atoms with van der Waals surface area (Å²) in [5, 5.41) is 22.0. The van der Waals surface area contributed by atoms with E-state index >= 15 is 0 Å². The third-order valence-electron chi connectivity index (χ3n) is 4.63. The van der Waals surface area contributed by atoms with E-state index < -0.39 is 17.4 Å². The number of nitrogens with one attached hydrogen (secondary N) is 1. The summed E-state index contributed by atoms with van der Waals surface area (Å²) < 4.78 is 1.97. The zero-order valence-electron chi connectivity index (χ0n) is 14.3. The van der Waals surface area contributed by atoms with Gasteiger partial charge in [-0.15, -0.1) is 6.42 Å². The average Bonchev–Trinajstić information content (AvgIpc) is 2.82. The molecule has 128 valence electrons. The zero-order valence-corrected chi connectivity index (χ0v) is 14.3. The van der Waals surface area contributed by atoms with E-state index in [0.717, 1.165) is 24.8 Å². The monoisotopic (exact) mass is 336 g/mol. The number of nitriles is 1. The molecule has 1 fully saturated rings. The van der Waals surface area contributed by atoms with E-state index in [0.29, 0.717) is 17.0 Å². The highest BCUT2D eigenvalue weighted by Crippen LogP contribution is 2.37. The molecule has 0 unspecified atom stereocenters. The Kier molecular flexibility index (Phi) is 4.24. The van der Waals surface area contributed by atoms with Gasteiger partial charge < -0.3 is 9.67 Å². The number of fused-ring (bicyclic) bond motifs is 1. The van der Waals surface area contributed by atoms with E-state index in [4.69, 9.17) is 11.7 Å². The van der Waals surface area contributed by atoms with Crippen molar-refractivity contribution in [1.29, 1.82) is 5.26 Å². The fraction of sp³-hybridized carbons (Fsp3) is 0.421. The van der Waals surface area contributed by atoms with E-state index in [9.17, 15) is 9.90 Å². The minimum absolute atomic E-state index is 0.237. The topological polar surface area (TPSA) is 90.9 Å². The van der Waals surface area contributed by atoms with Crippen LogP contribution in [0.1, 0.15) is 44.7 Å². The molecule has 1 aromatic carbocycles. The Morgan fingerprint density at radius 3 is 2.76 bits per heavy atom. The maximum Gasteiger partial charge on any atom is 0.244 e. The Hall–Kier alpha value is -2.83. The van der Waals surface area contributed by atoms with Crippen molar-refractivity contribution in [3.63, 3.8) is 0 Å². The second-order valence-electron chi connectivity index (χ2n) is 6.95. The normalized spacial score (nSPS) is 15.9. The molecule has 0 spiro atoms. The molecule has 1 aromatic heterocycles. The molecule has 2 aromatic rings. The van der Waals surface area contributed by atoms with Crippen LogP contribution >= 0.6 is 0 Å². The SMILES string of the molecule is C#C[C@H](C(=O)Nc1nc2ccc(C#N)cc2n1C1CCC1)C(C)(C)O. The highest BCUT2D eigenvalue weighted by molar-refractivity contribution is 5.95. The standard InChI is InChI=1S/C19H20N4O2/c1-4-14(19(2,3)25)17(24)22-18-21-15-9-8-12(11-20)10-16(15)23(18)13-6-5-7-13/h1,8-10,13-14,25H,5-7H2,2-3H3,(H,21,22,24)/t14-/m1/s1. The third kappa shape index (κ3) is 3.09. The summed E-state index contributed by atoms with van der Waals surface area (Å²) in [4.78, 5) is 17.1. The van der Waals surface area contributed by atoms with Crippen molar-refractivity contribution >= 4 is 22.9 Å². The summed E-state index contributed by atoms with van der Waals surface area (Å²) in [5.41, 5.74) is 0.741. The number of aromatic nitrogens is 2. The highest BCUT2D eigenvalue weighted by Gasteiger charge is 2.33. The third-order valence-corrected chi connectivity index (χ3v) is 4.63. The Labute approximate surface area is 146 Å². The molecule has 1 aliphatic carbocycles. The van der Waals surface area contributed by atoms with Crippen molar-refractivity contribution in [1.82, 2.24) is 9.55 Å². The molecule has 1 heterocycles. The number of hydrogen-bond acceptors (Lipinski definition) is 4. The Bertz CT molecular complexity index is 904. The first-order valence-corrected chi connectivity index (χ1v) is 8.26. The van der Waals surface area contributed by atoms with Crippen LogP contribution in [0.5, 0.6) is 0 Å². The van der Waals surface area contributed by atoms with E-state index in [1.165, 1.54) is 13.8 Å². The van der Waals surface area contributed by atoms with Crippen molar-refractivity contribution in [2.24, 2.45) is 5.92 Å². The van der Waals surface area contributed by atoms with Gasteiger partial charge in [-0.3, -0.25) is 10.1 Å². The van der Waals surface area contributed by atoms with Gasteiger partial charge in [0.1, 0.15) is 5.92 Å². The van der Waals surface area contributed by atoms with Gasteiger partial charge in [-0.1, -0.05) is 5.92 Å². The van der Waals surface area contributed by atoms with E-state index in [1.54, 1.807) is 18.2 Å². The largest absolute Gasteiger partial charge is 0.389 e. The van der Waals surface area contributed by atoms with Gasteiger partial charge in [0.25, 0.3) is 0 Å². The van der Waals surface area contributed by atoms with Gasteiger partial charge in [0.15, 0.2) is 0 Å². The molecule has 0 aliphatic heterocycles. The zero-order chi connectivity index (χ0) is 18.2. The molecule has 6 nitrogen and oxygen atoms in total. The van der Waals surface area contributed by atoms with Crippen LogP contribution in [0, 0.1) is 29.6 Å². The van der Waals surface area contributed by atoms with Crippen LogP contribution < -0.4 is 5.32 Å². The minimum Gasteiger partial charge on any atom is -0.389 e. The van der Waals surface area contributed by atoms with E-state index in [2.05, 4.69) is 22.3 Å². The molecule has 0 bridgehead atoms. The molecule has 0 radical (unpaired) electrons. The summed E-state index contributed by atoms with van der Waals surface area (Å²) in [5.74, 6) is 1.30. The summed E-state index contributed by atoms with van der Waals surface area (Å²) in [6.45, 7) is 3.01. The van der Waals surface area contributed by atoms with Crippen LogP contribution in [0.25, 0.3) is 11.0 Å². The number of hydrogen-bond donors (Lipinski definition) is 2. The Morgan fingerprint density at radius 2 is 2.24 bits per heavy atom. The number of carbonyl (C=O) groups is 1. The maximum atomic E-state index is 12.6. The van der Waals surface area contributed by atoms with Crippen LogP contribution in [-0.4, -0.2) is 26.2 Å². The van der Waals surface area contributed by atoms with Crippen LogP contribution in [-0.2, 0) is 4.79 Å². The first-order chi connectivity index (χ1) is 11.8. The van der Waals surface area contributed by atoms with Crippen molar-refractivity contribution in [2.45, 2.75) is 44.8 Å². The van der Waals surface area contributed by atoms with Gasteiger partial charge in [0.2, 0.25) is 11.9 Å². The molecule has 2 N–H and O–H groups in total. The lowest BCUT2D eigenvalue weighted by Crippen LogP contribution is -2.39. The maximum absolute atomic E-state index is 12.6. The van der Waals surface area contributed by atoms with Crippen LogP contribution in [0.15, 0.2) is 18.2 Å². The molecule has 0 saturated heterocycles. The molecule has 3 rings (SSSR count). The molecule has 1 aliphatic rings. The van der Waals surface area contributed by atoms with Gasteiger partial charge in [-0.05, 0) is 51.3 Å². The van der Waals surface area contributed by atoms with Gasteiger partial charge in [0.05, 0.1) is 28.3 Å². The predicted molar refractivity (Wildman–Crippen MR) is 94.6 cm³/mol. The van der Waals surface area contributed by atoms with Crippen molar-refractivity contribution in [2.75, 3.05) is 5.32 Å². The van der Waals surface area contributed by atoms with E-state index in [1.807, 2.05) is 4.57 Å². The number of anilines is 1. The highest BCUT2D eigenvalue weighted by atomic mass is 16.3. The molecule has 6 heteroatoms. The number of aliphatic hydroxyl groups is 1. The van der Waals surface area contributed by atoms with Gasteiger partial charge >= 0.3 is 0 Å². The molecular weight excluding hydrogens is 316 g/mol. The molecule has 1 amide bonds. The number of carbonyl (C=O) groups excluding carboxylic acids is 1. The predicted octanol–water partition coefficient (Wildman–Crippen LogP) is 2.59. The van der Waals surface area contributed by atoms with Gasteiger partial charge in [-0.2, -0.15) is 5.26 Å².